The van der Waals surface area contributed by atoms with Gasteiger partial charge in [-0.3, -0.25) is 4.79 Å². The van der Waals surface area contributed by atoms with Crippen LogP contribution in [0.25, 0.3) is 0 Å². The van der Waals surface area contributed by atoms with Gasteiger partial charge in [0.05, 0.1) is 6.54 Å². The molecule has 0 fully saturated rings. The Labute approximate surface area is 121 Å². The molecule has 3 N–H and O–H groups in total. The molecular weight excluding hydrogens is 248 g/mol. The van der Waals surface area contributed by atoms with Crippen LogP contribution in [-0.4, -0.2) is 18.5 Å². The van der Waals surface area contributed by atoms with Crippen LogP contribution in [0, 0.1) is 24.7 Å². The number of hydrogen-bond donors (Lipinski definition) is 2. The largest absolute Gasteiger partial charge is 0.349 e. The zero-order valence-electron chi connectivity index (χ0n) is 12.8. The van der Waals surface area contributed by atoms with Gasteiger partial charge in [0, 0.05) is 17.2 Å². The molecule has 1 atom stereocenters. The van der Waals surface area contributed by atoms with Gasteiger partial charge in [-0.2, -0.15) is 0 Å². The lowest BCUT2D eigenvalue weighted by Gasteiger charge is -2.20. The monoisotopic (exact) mass is 272 g/mol. The molecule has 1 rings (SSSR count). The lowest BCUT2D eigenvalue weighted by atomic mass is 10.0. The minimum atomic E-state index is -0.0370. The topological polar surface area (TPSA) is 55.1 Å². The predicted octanol–water partition coefficient (Wildman–Crippen LogP) is 2.47. The minimum absolute atomic E-state index is 0.0370. The van der Waals surface area contributed by atoms with E-state index in [4.69, 9.17) is 5.73 Å². The van der Waals surface area contributed by atoms with Gasteiger partial charge in [0.1, 0.15) is 0 Å². The van der Waals surface area contributed by atoms with Gasteiger partial charge in [0.25, 0.3) is 5.91 Å². The van der Waals surface area contributed by atoms with Crippen LogP contribution in [0.2, 0.25) is 0 Å². The first-order chi connectivity index (χ1) is 9.47. The van der Waals surface area contributed by atoms with Gasteiger partial charge in [-0.1, -0.05) is 32.6 Å². The van der Waals surface area contributed by atoms with Crippen LogP contribution >= 0.6 is 0 Å². The lowest BCUT2D eigenvalue weighted by molar-refractivity contribution is 0.0924. The second-order valence-corrected chi connectivity index (χ2v) is 5.33. The number of nitrogens with one attached hydrogen (secondary N) is 1. The molecule has 0 heterocycles. The van der Waals surface area contributed by atoms with Crippen LogP contribution in [0.4, 0.5) is 0 Å². The molecule has 0 aromatic heterocycles. The maximum absolute atomic E-state index is 12.3. The van der Waals surface area contributed by atoms with Crippen LogP contribution in [-0.2, 0) is 0 Å². The van der Waals surface area contributed by atoms with Crippen LogP contribution in [0.15, 0.2) is 18.2 Å². The molecule has 0 aliphatic heterocycles. The summed E-state index contributed by atoms with van der Waals surface area (Å²) in [6, 6.07) is 5.86. The van der Waals surface area contributed by atoms with Gasteiger partial charge in [0.2, 0.25) is 0 Å². The summed E-state index contributed by atoms with van der Waals surface area (Å²) in [5.74, 6) is 6.17. The normalized spacial score (nSPS) is 11.7. The minimum Gasteiger partial charge on any atom is -0.349 e. The van der Waals surface area contributed by atoms with E-state index in [9.17, 15) is 4.79 Å². The van der Waals surface area contributed by atoms with E-state index < -0.39 is 0 Å². The fraction of sp³-hybridized carbons (Fsp3) is 0.471. The molecule has 20 heavy (non-hydrogen) atoms. The van der Waals surface area contributed by atoms with Gasteiger partial charge in [-0.05, 0) is 43.0 Å². The average molecular weight is 272 g/mol. The average Bonchev–Trinajstić information content (AvgIpc) is 2.41. The van der Waals surface area contributed by atoms with Crippen molar-refractivity contribution < 1.29 is 4.79 Å². The van der Waals surface area contributed by atoms with Crippen molar-refractivity contribution in [3.8, 4) is 11.8 Å². The predicted molar refractivity (Wildman–Crippen MR) is 83.5 cm³/mol. The Morgan fingerprint density at radius 3 is 2.60 bits per heavy atom. The zero-order chi connectivity index (χ0) is 15.1. The Kier molecular flexibility index (Phi) is 6.27. The Bertz CT molecular complexity index is 524. The van der Waals surface area contributed by atoms with Crippen molar-refractivity contribution in [1.82, 2.24) is 5.32 Å². The molecule has 1 amide bonds. The number of carbonyl (C=O) groups excluding carboxylic acids is 1. The van der Waals surface area contributed by atoms with Crippen molar-refractivity contribution in [1.29, 1.82) is 0 Å². The molecule has 1 unspecified atom stereocenters. The standard InChI is InChI=1S/C17H24N2O/c1-5-16(12(2)3)19-17(20)15-10-13(4)9-14(11-15)7-6-8-18/h9-12,16H,5,8,18H2,1-4H3,(H,19,20). The summed E-state index contributed by atoms with van der Waals surface area (Å²) in [4.78, 5) is 12.3. The molecular formula is C17H24N2O. The molecule has 0 bridgehead atoms. The molecule has 0 spiro atoms. The highest BCUT2D eigenvalue weighted by Gasteiger charge is 2.15. The highest BCUT2D eigenvalue weighted by Crippen LogP contribution is 2.11. The molecule has 0 saturated heterocycles. The van der Waals surface area contributed by atoms with Gasteiger partial charge < -0.3 is 11.1 Å². The zero-order valence-corrected chi connectivity index (χ0v) is 12.8. The molecule has 3 nitrogen and oxygen atoms in total. The molecule has 1 aromatic carbocycles. The molecule has 0 radical (unpaired) electrons. The Morgan fingerprint density at radius 1 is 1.35 bits per heavy atom. The summed E-state index contributed by atoms with van der Waals surface area (Å²) < 4.78 is 0. The third-order valence-electron chi connectivity index (χ3n) is 3.24. The van der Waals surface area contributed by atoms with Crippen LogP contribution in [0.3, 0.4) is 0 Å². The molecule has 0 aliphatic rings. The maximum Gasteiger partial charge on any atom is 0.251 e. The van der Waals surface area contributed by atoms with Crippen LogP contribution in [0.1, 0.15) is 48.7 Å². The number of aryl methyl sites for hydroxylation is 1. The highest BCUT2D eigenvalue weighted by molar-refractivity contribution is 5.95. The van der Waals surface area contributed by atoms with E-state index in [1.54, 1.807) is 0 Å². The lowest BCUT2D eigenvalue weighted by Crippen LogP contribution is -2.38. The van der Waals surface area contributed by atoms with Crippen LogP contribution < -0.4 is 11.1 Å². The molecule has 0 aliphatic carbocycles. The fourth-order valence-electron chi connectivity index (χ4n) is 2.13. The second-order valence-electron chi connectivity index (χ2n) is 5.33. The summed E-state index contributed by atoms with van der Waals surface area (Å²) in [6.45, 7) is 8.59. The quantitative estimate of drug-likeness (QED) is 0.827. The second kappa shape index (κ2) is 7.72. The molecule has 1 aromatic rings. The maximum atomic E-state index is 12.3. The van der Waals surface area contributed by atoms with E-state index in [2.05, 4.69) is 37.9 Å². The van der Waals surface area contributed by atoms with E-state index >= 15 is 0 Å². The van der Waals surface area contributed by atoms with Crippen molar-refractivity contribution in [3.63, 3.8) is 0 Å². The Balaban J connectivity index is 2.95. The SMILES string of the molecule is CCC(NC(=O)c1cc(C)cc(C#CCN)c1)C(C)C. The van der Waals surface area contributed by atoms with Gasteiger partial charge in [0.15, 0.2) is 0 Å². The van der Waals surface area contributed by atoms with Crippen molar-refractivity contribution >= 4 is 5.91 Å². The smallest absolute Gasteiger partial charge is 0.251 e. The van der Waals surface area contributed by atoms with Crippen molar-refractivity contribution in [2.75, 3.05) is 6.54 Å². The first-order valence-corrected chi connectivity index (χ1v) is 7.09. The summed E-state index contributed by atoms with van der Waals surface area (Å²) >= 11 is 0. The van der Waals surface area contributed by atoms with Gasteiger partial charge in [-0.25, -0.2) is 0 Å². The van der Waals surface area contributed by atoms with Crippen molar-refractivity contribution in [2.24, 2.45) is 11.7 Å². The van der Waals surface area contributed by atoms with Gasteiger partial charge in [-0.15, -0.1) is 0 Å². The number of amides is 1. The van der Waals surface area contributed by atoms with Crippen molar-refractivity contribution in [3.05, 3.63) is 34.9 Å². The summed E-state index contributed by atoms with van der Waals surface area (Å²) in [5.41, 5.74) is 7.89. The number of hydrogen-bond acceptors (Lipinski definition) is 2. The van der Waals surface area contributed by atoms with Gasteiger partial charge >= 0.3 is 0 Å². The van der Waals surface area contributed by atoms with Crippen molar-refractivity contribution in [2.45, 2.75) is 40.2 Å². The summed E-state index contributed by atoms with van der Waals surface area (Å²) in [5, 5.41) is 3.08. The fourth-order valence-corrected chi connectivity index (χ4v) is 2.13. The Morgan fingerprint density at radius 2 is 2.05 bits per heavy atom. The molecule has 108 valence electrons. The highest BCUT2D eigenvalue weighted by atomic mass is 16.1. The van der Waals surface area contributed by atoms with E-state index in [-0.39, 0.29) is 11.9 Å². The third kappa shape index (κ3) is 4.71. The van der Waals surface area contributed by atoms with E-state index in [0.717, 1.165) is 17.5 Å². The first-order valence-electron chi connectivity index (χ1n) is 7.09. The number of nitrogens with two attached hydrogens (primary N) is 1. The number of rotatable bonds is 4. The molecule has 3 heteroatoms. The summed E-state index contributed by atoms with van der Waals surface area (Å²) in [7, 11) is 0. The molecule has 0 saturated carbocycles. The van der Waals surface area contributed by atoms with E-state index in [0.29, 0.717) is 18.0 Å². The third-order valence-corrected chi connectivity index (χ3v) is 3.24. The van der Waals surface area contributed by atoms with E-state index in [1.807, 2.05) is 25.1 Å². The van der Waals surface area contributed by atoms with E-state index in [1.165, 1.54) is 0 Å². The number of carbonyl (C=O) groups is 1. The summed E-state index contributed by atoms with van der Waals surface area (Å²) in [6.07, 6.45) is 0.926. The first kappa shape index (κ1) is 16.3. The Hall–Kier alpha value is -1.79. The van der Waals surface area contributed by atoms with Crippen LogP contribution in [0.5, 0.6) is 0 Å². The number of benzene rings is 1.